The second-order valence-corrected chi connectivity index (χ2v) is 6.55. The van der Waals surface area contributed by atoms with E-state index in [2.05, 4.69) is 0 Å². The molecule has 0 amide bonds. The Kier molecular flexibility index (Phi) is 4.69. The highest BCUT2D eigenvalue weighted by Gasteiger charge is 2.43. The predicted octanol–water partition coefficient (Wildman–Crippen LogP) is 2.07. The van der Waals surface area contributed by atoms with Gasteiger partial charge in [0.1, 0.15) is 6.04 Å². The summed E-state index contributed by atoms with van der Waals surface area (Å²) in [6.45, 7) is 1.72. The summed E-state index contributed by atoms with van der Waals surface area (Å²) in [6.07, 6.45) is -3.33. The average molecular weight is 338 g/mol. The van der Waals surface area contributed by atoms with E-state index >= 15 is 0 Å². The summed E-state index contributed by atoms with van der Waals surface area (Å²) in [7, 11) is -4.94. The fourth-order valence-corrected chi connectivity index (χ4v) is 3.17. The number of halogens is 3. The third-order valence-electron chi connectivity index (χ3n) is 3.54. The Hall–Kier alpha value is -1.32. The Labute approximate surface area is 127 Å². The van der Waals surface area contributed by atoms with Crippen molar-refractivity contribution in [2.45, 2.75) is 32.0 Å². The van der Waals surface area contributed by atoms with Gasteiger partial charge >= 0.3 is 16.5 Å². The molecule has 0 saturated carbocycles. The summed E-state index contributed by atoms with van der Waals surface area (Å²) >= 11 is 0. The van der Waals surface area contributed by atoms with Crippen molar-refractivity contribution >= 4 is 16.0 Å². The maximum atomic E-state index is 13.0. The van der Waals surface area contributed by atoms with Crippen molar-refractivity contribution in [3.05, 3.63) is 29.3 Å². The number of nitrogens with zero attached hydrogens (tertiary/aromatic N) is 1. The van der Waals surface area contributed by atoms with E-state index in [1.54, 1.807) is 12.1 Å². The van der Waals surface area contributed by atoms with E-state index in [-0.39, 0.29) is 0 Å². The Balaban J connectivity index is 2.25. The van der Waals surface area contributed by atoms with Crippen LogP contribution in [0.25, 0.3) is 0 Å². The Morgan fingerprint density at radius 2 is 2.09 bits per heavy atom. The Morgan fingerprint density at radius 1 is 1.41 bits per heavy atom. The molecule has 2 rings (SSSR count). The zero-order valence-electron chi connectivity index (χ0n) is 11.9. The molecule has 1 unspecified atom stereocenters. The molecule has 124 valence electrons. The van der Waals surface area contributed by atoms with E-state index in [1.165, 1.54) is 9.62 Å². The zero-order valence-corrected chi connectivity index (χ0v) is 12.7. The molecule has 1 aromatic carbocycles. The molecule has 1 atom stereocenters. The third kappa shape index (κ3) is 4.34. The minimum atomic E-state index is -4.94. The lowest BCUT2D eigenvalue weighted by molar-refractivity contribution is -0.149. The van der Waals surface area contributed by atoms with E-state index in [0.717, 1.165) is 17.5 Å². The smallest absolute Gasteiger partial charge is 0.369 e. The maximum absolute atomic E-state index is 13.0. The number of aryl methyl sites for hydroxylation is 2. The highest BCUT2D eigenvalue weighted by atomic mass is 32.2. The molecule has 1 aliphatic rings. The molecule has 9 heteroatoms. The van der Waals surface area contributed by atoms with Crippen LogP contribution in [0.4, 0.5) is 18.9 Å². The number of alkyl halides is 3. The van der Waals surface area contributed by atoms with Crippen LogP contribution >= 0.6 is 0 Å². The average Bonchev–Trinajstić information content (AvgIpc) is 2.35. The van der Waals surface area contributed by atoms with Crippen molar-refractivity contribution < 1.29 is 26.1 Å². The van der Waals surface area contributed by atoms with Gasteiger partial charge in [0.05, 0.1) is 0 Å². The number of fused-ring (bicyclic) bond motifs is 1. The molecule has 1 aliphatic heterocycles. The summed E-state index contributed by atoms with van der Waals surface area (Å²) in [5.41, 5.74) is 2.63. The zero-order chi connectivity index (χ0) is 16.5. The van der Waals surface area contributed by atoms with Gasteiger partial charge in [0.2, 0.25) is 0 Å². The number of anilines is 1. The Morgan fingerprint density at radius 3 is 2.68 bits per heavy atom. The highest BCUT2D eigenvalue weighted by molar-refractivity contribution is 7.83. The fourth-order valence-electron chi connectivity index (χ4n) is 2.60. The first kappa shape index (κ1) is 17.0. The van der Waals surface area contributed by atoms with Gasteiger partial charge in [0, 0.05) is 18.8 Å². The van der Waals surface area contributed by atoms with Crippen LogP contribution in [0.15, 0.2) is 18.2 Å². The number of benzene rings is 1. The molecule has 2 N–H and O–H groups in total. The number of rotatable bonds is 4. The van der Waals surface area contributed by atoms with Crippen LogP contribution in [0.2, 0.25) is 0 Å². The van der Waals surface area contributed by atoms with Gasteiger partial charge < -0.3 is 4.90 Å². The first-order valence-corrected chi connectivity index (χ1v) is 8.16. The van der Waals surface area contributed by atoms with E-state index in [0.29, 0.717) is 18.7 Å². The van der Waals surface area contributed by atoms with Gasteiger partial charge in [-0.3, -0.25) is 4.55 Å². The van der Waals surface area contributed by atoms with Crippen LogP contribution in [0.5, 0.6) is 0 Å². The monoisotopic (exact) mass is 338 g/mol. The van der Waals surface area contributed by atoms with Crippen molar-refractivity contribution in [2.24, 2.45) is 0 Å². The SMILES string of the molecule is Cc1ccc2c(c1)CCCN2CC(NS(=O)(=O)O)C(F)(F)F. The lowest BCUT2D eigenvalue weighted by atomic mass is 9.99. The maximum Gasteiger partial charge on any atom is 0.406 e. The molecular weight excluding hydrogens is 321 g/mol. The normalized spacial score (nSPS) is 17.2. The molecule has 0 spiro atoms. The number of hydrogen-bond donors (Lipinski definition) is 2. The second kappa shape index (κ2) is 6.05. The molecule has 22 heavy (non-hydrogen) atoms. The third-order valence-corrected chi connectivity index (χ3v) is 4.12. The van der Waals surface area contributed by atoms with Gasteiger partial charge in [-0.1, -0.05) is 17.7 Å². The largest absolute Gasteiger partial charge is 0.406 e. The molecule has 0 aromatic heterocycles. The molecule has 5 nitrogen and oxygen atoms in total. The minimum Gasteiger partial charge on any atom is -0.369 e. The van der Waals surface area contributed by atoms with Gasteiger partial charge in [-0.2, -0.15) is 26.3 Å². The van der Waals surface area contributed by atoms with Gasteiger partial charge in [-0.05, 0) is 31.4 Å². The first-order chi connectivity index (χ1) is 10.1. The molecular formula is C13H17F3N2O3S. The standard InChI is InChI=1S/C13H17F3N2O3S/c1-9-4-5-11-10(7-9)3-2-6-18(11)8-12(13(14,15)16)17-22(19,20)21/h4-5,7,12,17H,2-3,6,8H2,1H3,(H,19,20,21). The second-order valence-electron chi connectivity index (χ2n) is 5.37. The topological polar surface area (TPSA) is 69.6 Å². The Bertz CT molecular complexity index is 646. The van der Waals surface area contributed by atoms with Gasteiger partial charge in [0.15, 0.2) is 0 Å². The quantitative estimate of drug-likeness (QED) is 0.825. The van der Waals surface area contributed by atoms with Gasteiger partial charge in [-0.25, -0.2) is 0 Å². The van der Waals surface area contributed by atoms with Gasteiger partial charge in [-0.15, -0.1) is 0 Å². The summed E-state index contributed by atoms with van der Waals surface area (Å²) in [6, 6.07) is 3.09. The lowest BCUT2D eigenvalue weighted by Crippen LogP contribution is -2.52. The van der Waals surface area contributed by atoms with E-state index in [1.807, 2.05) is 13.0 Å². The summed E-state index contributed by atoms with van der Waals surface area (Å²) in [5.74, 6) is 0. The van der Waals surface area contributed by atoms with Crippen LogP contribution in [0.1, 0.15) is 17.5 Å². The minimum absolute atomic E-state index is 0.399. The molecule has 0 saturated heterocycles. The van der Waals surface area contributed by atoms with E-state index in [4.69, 9.17) is 4.55 Å². The molecule has 0 bridgehead atoms. The van der Waals surface area contributed by atoms with Crippen LogP contribution in [-0.2, 0) is 16.7 Å². The molecule has 0 radical (unpaired) electrons. The fraction of sp³-hybridized carbons (Fsp3) is 0.538. The summed E-state index contributed by atoms with van der Waals surface area (Å²) < 4.78 is 70.3. The summed E-state index contributed by atoms with van der Waals surface area (Å²) in [4.78, 5) is 1.49. The molecule has 1 heterocycles. The predicted molar refractivity (Wildman–Crippen MR) is 76.2 cm³/mol. The molecule has 1 aromatic rings. The van der Waals surface area contributed by atoms with E-state index < -0.39 is 29.1 Å². The van der Waals surface area contributed by atoms with Crippen LogP contribution < -0.4 is 9.62 Å². The van der Waals surface area contributed by atoms with Crippen LogP contribution in [0, 0.1) is 6.92 Å². The van der Waals surface area contributed by atoms with Crippen LogP contribution in [-0.4, -0.2) is 38.3 Å². The van der Waals surface area contributed by atoms with Crippen molar-refractivity contribution in [1.29, 1.82) is 0 Å². The summed E-state index contributed by atoms with van der Waals surface area (Å²) in [5, 5.41) is 0. The van der Waals surface area contributed by atoms with Gasteiger partial charge in [0.25, 0.3) is 0 Å². The van der Waals surface area contributed by atoms with E-state index in [9.17, 15) is 21.6 Å². The van der Waals surface area contributed by atoms with Crippen molar-refractivity contribution in [3.63, 3.8) is 0 Å². The molecule has 0 fully saturated rings. The van der Waals surface area contributed by atoms with Crippen LogP contribution in [0.3, 0.4) is 0 Å². The molecule has 0 aliphatic carbocycles. The van der Waals surface area contributed by atoms with Crippen molar-refractivity contribution in [2.75, 3.05) is 18.0 Å². The number of nitrogens with one attached hydrogen (secondary N) is 1. The first-order valence-electron chi connectivity index (χ1n) is 6.72. The highest BCUT2D eigenvalue weighted by Crippen LogP contribution is 2.30. The van der Waals surface area contributed by atoms with Crippen molar-refractivity contribution in [1.82, 2.24) is 4.72 Å². The lowest BCUT2D eigenvalue weighted by Gasteiger charge is -2.34. The van der Waals surface area contributed by atoms with Crippen molar-refractivity contribution in [3.8, 4) is 0 Å². The number of hydrogen-bond acceptors (Lipinski definition) is 3.